The summed E-state index contributed by atoms with van der Waals surface area (Å²) in [5.74, 6) is 0. The number of sulfonamides is 1. The minimum absolute atomic E-state index is 0.387. The van der Waals surface area contributed by atoms with Crippen LogP contribution >= 0.6 is 0 Å². The third-order valence-electron chi connectivity index (χ3n) is 5.39. The SMILES string of the molecule is CC1(c2ccccc2)CCN(c2cccc(-c3cccc(NS(C)(=O)=O)c3)c2)C(=O)O1. The maximum Gasteiger partial charge on any atom is 0.415 e. The number of hydrogen-bond donors (Lipinski definition) is 1. The molecule has 6 nitrogen and oxygen atoms in total. The van der Waals surface area contributed by atoms with E-state index in [1.54, 1.807) is 23.1 Å². The molecule has 0 bridgehead atoms. The summed E-state index contributed by atoms with van der Waals surface area (Å²) in [6, 6.07) is 24.5. The van der Waals surface area contributed by atoms with Crippen molar-refractivity contribution in [1.82, 2.24) is 0 Å². The molecule has 160 valence electrons. The van der Waals surface area contributed by atoms with Crippen LogP contribution in [0, 0.1) is 0 Å². The number of benzene rings is 3. The Balaban J connectivity index is 1.57. The van der Waals surface area contributed by atoms with Crippen molar-refractivity contribution in [2.75, 3.05) is 22.4 Å². The van der Waals surface area contributed by atoms with Gasteiger partial charge in [-0.05, 0) is 47.9 Å². The zero-order valence-electron chi connectivity index (χ0n) is 17.4. The number of anilines is 2. The summed E-state index contributed by atoms with van der Waals surface area (Å²) in [5.41, 5.74) is 3.26. The Morgan fingerprint density at radius 1 is 0.935 bits per heavy atom. The highest BCUT2D eigenvalue weighted by molar-refractivity contribution is 7.92. The summed E-state index contributed by atoms with van der Waals surface area (Å²) in [6.45, 7) is 2.47. The first-order valence-electron chi connectivity index (χ1n) is 9.98. The van der Waals surface area contributed by atoms with Crippen molar-refractivity contribution < 1.29 is 17.9 Å². The predicted molar refractivity (Wildman–Crippen MR) is 123 cm³/mol. The molecule has 0 radical (unpaired) electrons. The molecule has 0 aromatic heterocycles. The van der Waals surface area contributed by atoms with Crippen LogP contribution in [0.25, 0.3) is 11.1 Å². The van der Waals surface area contributed by atoms with E-state index >= 15 is 0 Å². The van der Waals surface area contributed by atoms with Crippen molar-refractivity contribution in [3.63, 3.8) is 0 Å². The summed E-state index contributed by atoms with van der Waals surface area (Å²) in [4.78, 5) is 14.5. The fourth-order valence-electron chi connectivity index (χ4n) is 3.77. The van der Waals surface area contributed by atoms with Crippen molar-refractivity contribution in [2.24, 2.45) is 0 Å². The van der Waals surface area contributed by atoms with Gasteiger partial charge >= 0.3 is 6.09 Å². The van der Waals surface area contributed by atoms with E-state index in [-0.39, 0.29) is 6.09 Å². The van der Waals surface area contributed by atoms with Crippen LogP contribution in [-0.4, -0.2) is 27.3 Å². The van der Waals surface area contributed by atoms with Crippen molar-refractivity contribution in [1.29, 1.82) is 0 Å². The number of ether oxygens (including phenoxy) is 1. The predicted octanol–water partition coefficient (Wildman–Crippen LogP) is 4.99. The molecular weight excluding hydrogens is 412 g/mol. The molecule has 4 rings (SSSR count). The highest BCUT2D eigenvalue weighted by Gasteiger charge is 2.38. The normalized spacial score (nSPS) is 19.0. The van der Waals surface area contributed by atoms with Gasteiger partial charge < -0.3 is 4.74 Å². The van der Waals surface area contributed by atoms with Crippen LogP contribution in [0.4, 0.5) is 16.2 Å². The molecule has 0 saturated carbocycles. The molecule has 3 aromatic rings. The molecule has 31 heavy (non-hydrogen) atoms. The number of nitrogens with zero attached hydrogens (tertiary/aromatic N) is 1. The molecule has 1 amide bonds. The second kappa shape index (κ2) is 8.07. The van der Waals surface area contributed by atoms with Crippen LogP contribution < -0.4 is 9.62 Å². The van der Waals surface area contributed by atoms with Gasteiger partial charge in [-0.25, -0.2) is 13.2 Å². The molecule has 1 fully saturated rings. The summed E-state index contributed by atoms with van der Waals surface area (Å²) in [5, 5.41) is 0. The van der Waals surface area contributed by atoms with Gasteiger partial charge in [0.1, 0.15) is 5.60 Å². The zero-order chi connectivity index (χ0) is 22.1. The molecule has 1 heterocycles. The molecule has 1 atom stereocenters. The van der Waals surface area contributed by atoms with Crippen molar-refractivity contribution in [3.05, 3.63) is 84.4 Å². The molecular formula is C24H24N2O4S. The van der Waals surface area contributed by atoms with Gasteiger partial charge in [0.2, 0.25) is 10.0 Å². The number of cyclic esters (lactones) is 1. The summed E-state index contributed by atoms with van der Waals surface area (Å²) in [6.07, 6.45) is 1.40. The largest absolute Gasteiger partial charge is 0.438 e. The third kappa shape index (κ3) is 4.72. The number of carbonyl (C=O) groups excluding carboxylic acids is 1. The van der Waals surface area contributed by atoms with Gasteiger partial charge in [-0.2, -0.15) is 0 Å². The highest BCUT2D eigenvalue weighted by Crippen LogP contribution is 2.36. The number of carbonyl (C=O) groups is 1. The van der Waals surface area contributed by atoms with E-state index in [1.165, 1.54) is 0 Å². The second-order valence-corrected chi connectivity index (χ2v) is 9.62. The maximum absolute atomic E-state index is 12.9. The number of rotatable bonds is 5. The van der Waals surface area contributed by atoms with Gasteiger partial charge in [0, 0.05) is 24.3 Å². The summed E-state index contributed by atoms with van der Waals surface area (Å²) in [7, 11) is -3.36. The van der Waals surface area contributed by atoms with E-state index in [2.05, 4.69) is 4.72 Å². The van der Waals surface area contributed by atoms with Crippen LogP contribution in [0.5, 0.6) is 0 Å². The molecule has 1 aliphatic rings. The van der Waals surface area contributed by atoms with E-state index < -0.39 is 15.6 Å². The Morgan fingerprint density at radius 3 is 2.29 bits per heavy atom. The molecule has 0 aliphatic carbocycles. The average molecular weight is 437 g/mol. The van der Waals surface area contributed by atoms with Crippen LogP contribution in [-0.2, 0) is 20.4 Å². The van der Waals surface area contributed by atoms with Gasteiger partial charge in [0.05, 0.1) is 6.26 Å². The first kappa shape index (κ1) is 20.9. The van der Waals surface area contributed by atoms with Crippen molar-refractivity contribution in [3.8, 4) is 11.1 Å². The van der Waals surface area contributed by atoms with Gasteiger partial charge in [0.15, 0.2) is 0 Å². The van der Waals surface area contributed by atoms with E-state index in [1.807, 2.05) is 67.6 Å². The Labute approximate surface area is 182 Å². The van der Waals surface area contributed by atoms with Gasteiger partial charge in [0.25, 0.3) is 0 Å². The first-order valence-corrected chi connectivity index (χ1v) is 11.9. The topological polar surface area (TPSA) is 75.7 Å². The Hall–Kier alpha value is -3.32. The minimum atomic E-state index is -3.36. The third-order valence-corrected chi connectivity index (χ3v) is 5.99. The molecule has 0 spiro atoms. The Bertz CT molecular complexity index is 1210. The molecule has 3 aromatic carbocycles. The molecule has 7 heteroatoms. The van der Waals surface area contributed by atoms with E-state index in [0.717, 1.165) is 28.6 Å². The maximum atomic E-state index is 12.9. The number of nitrogens with one attached hydrogen (secondary N) is 1. The minimum Gasteiger partial charge on any atom is -0.438 e. The van der Waals surface area contributed by atoms with E-state index in [0.29, 0.717) is 18.7 Å². The fraction of sp³-hybridized carbons (Fsp3) is 0.208. The van der Waals surface area contributed by atoms with E-state index in [4.69, 9.17) is 4.74 Å². The fourth-order valence-corrected chi connectivity index (χ4v) is 4.33. The summed E-state index contributed by atoms with van der Waals surface area (Å²) >= 11 is 0. The zero-order valence-corrected chi connectivity index (χ0v) is 18.2. The Kier molecular flexibility index (Phi) is 5.45. The lowest BCUT2D eigenvalue weighted by atomic mass is 9.91. The lowest BCUT2D eigenvalue weighted by Crippen LogP contribution is -2.46. The quantitative estimate of drug-likeness (QED) is 0.612. The van der Waals surface area contributed by atoms with Gasteiger partial charge in [-0.3, -0.25) is 9.62 Å². The average Bonchev–Trinajstić information content (AvgIpc) is 2.73. The smallest absolute Gasteiger partial charge is 0.415 e. The summed E-state index contributed by atoms with van der Waals surface area (Å²) < 4.78 is 31.4. The lowest BCUT2D eigenvalue weighted by molar-refractivity contribution is 0.00582. The van der Waals surface area contributed by atoms with Crippen molar-refractivity contribution >= 4 is 27.5 Å². The van der Waals surface area contributed by atoms with Gasteiger partial charge in [-0.1, -0.05) is 54.6 Å². The van der Waals surface area contributed by atoms with E-state index in [9.17, 15) is 13.2 Å². The van der Waals surface area contributed by atoms with Crippen LogP contribution in [0.15, 0.2) is 78.9 Å². The molecule has 1 unspecified atom stereocenters. The highest BCUT2D eigenvalue weighted by atomic mass is 32.2. The molecule has 1 N–H and O–H groups in total. The molecule has 1 aliphatic heterocycles. The number of hydrogen-bond acceptors (Lipinski definition) is 4. The standard InChI is InChI=1S/C24H24N2O4S/c1-24(20-10-4-3-5-11-20)14-15-26(23(27)30-24)22-13-7-9-19(17-22)18-8-6-12-21(16-18)25-31(2,28)29/h3-13,16-17,25H,14-15H2,1-2H3. The van der Waals surface area contributed by atoms with Crippen LogP contribution in [0.3, 0.4) is 0 Å². The number of amides is 1. The lowest BCUT2D eigenvalue weighted by Gasteiger charge is -2.39. The van der Waals surface area contributed by atoms with Crippen molar-refractivity contribution in [2.45, 2.75) is 18.9 Å². The van der Waals surface area contributed by atoms with Gasteiger partial charge in [-0.15, -0.1) is 0 Å². The first-order chi connectivity index (χ1) is 14.7. The van der Waals surface area contributed by atoms with Crippen LogP contribution in [0.2, 0.25) is 0 Å². The molecule has 1 saturated heterocycles. The second-order valence-electron chi connectivity index (χ2n) is 7.87. The Morgan fingerprint density at radius 2 is 1.61 bits per heavy atom. The monoisotopic (exact) mass is 436 g/mol. The van der Waals surface area contributed by atoms with Crippen LogP contribution in [0.1, 0.15) is 18.9 Å².